The minimum atomic E-state index is -0.0875. The Morgan fingerprint density at radius 3 is 2.38 bits per heavy atom. The number of nitrogens with zero attached hydrogens (tertiary/aromatic N) is 1. The molecule has 3 aliphatic carbocycles. The lowest BCUT2D eigenvalue weighted by molar-refractivity contribution is -0.131. The first-order valence-corrected chi connectivity index (χ1v) is 6.91. The molecule has 1 unspecified atom stereocenters. The van der Waals surface area contributed by atoms with Crippen LogP contribution in [0.1, 0.15) is 51.4 Å². The summed E-state index contributed by atoms with van der Waals surface area (Å²) in [6, 6.07) is 0.588. The smallest absolute Gasteiger partial charge is 0.244 e. The maximum atomic E-state index is 12.4. The summed E-state index contributed by atoms with van der Waals surface area (Å²) in [5, 5.41) is 3.68. The van der Waals surface area contributed by atoms with E-state index in [-0.39, 0.29) is 5.54 Å². The van der Waals surface area contributed by atoms with Gasteiger partial charge in [0.2, 0.25) is 5.91 Å². The van der Waals surface area contributed by atoms with Gasteiger partial charge >= 0.3 is 0 Å². The maximum absolute atomic E-state index is 12.4. The Morgan fingerprint density at radius 1 is 1.12 bits per heavy atom. The third kappa shape index (κ3) is 1.21. The molecule has 4 rings (SSSR count). The quantitative estimate of drug-likeness (QED) is 0.767. The molecule has 16 heavy (non-hydrogen) atoms. The first-order valence-electron chi connectivity index (χ1n) is 6.91. The Morgan fingerprint density at radius 2 is 1.81 bits per heavy atom. The van der Waals surface area contributed by atoms with E-state index in [9.17, 15) is 4.79 Å². The predicted molar refractivity (Wildman–Crippen MR) is 60.7 cm³/mol. The molecular formula is C13H20N2O. The molecule has 3 nitrogen and oxygen atoms in total. The molecule has 88 valence electrons. The standard InChI is InChI=1S/C13H20N2O/c16-12-13(7-8-13)14-11(9-3-1-2-4-9)15(12)10-5-6-10/h9-11,14H,1-8H2. The van der Waals surface area contributed by atoms with E-state index >= 15 is 0 Å². The molecule has 1 N–H and O–H groups in total. The van der Waals surface area contributed by atoms with Gasteiger partial charge in [0, 0.05) is 6.04 Å². The molecule has 1 saturated heterocycles. The van der Waals surface area contributed by atoms with Crippen molar-refractivity contribution in [2.45, 2.75) is 69.1 Å². The number of hydrogen-bond acceptors (Lipinski definition) is 2. The lowest BCUT2D eigenvalue weighted by Gasteiger charge is -2.28. The fourth-order valence-corrected chi connectivity index (χ4v) is 3.63. The highest BCUT2D eigenvalue weighted by Crippen LogP contribution is 2.48. The van der Waals surface area contributed by atoms with Crippen LogP contribution in [-0.4, -0.2) is 28.6 Å². The van der Waals surface area contributed by atoms with Crippen molar-refractivity contribution < 1.29 is 4.79 Å². The fourth-order valence-electron chi connectivity index (χ4n) is 3.63. The predicted octanol–water partition coefficient (Wildman–Crippen LogP) is 1.63. The van der Waals surface area contributed by atoms with Crippen LogP contribution < -0.4 is 5.32 Å². The van der Waals surface area contributed by atoms with Crippen LogP contribution in [0.2, 0.25) is 0 Å². The number of carbonyl (C=O) groups excluding carboxylic acids is 1. The van der Waals surface area contributed by atoms with Gasteiger partial charge in [0.1, 0.15) is 0 Å². The normalized spacial score (nSPS) is 37.6. The topological polar surface area (TPSA) is 32.3 Å². The molecule has 1 spiro atoms. The van der Waals surface area contributed by atoms with Crippen molar-refractivity contribution in [3.05, 3.63) is 0 Å². The first kappa shape index (κ1) is 9.46. The molecule has 3 heteroatoms. The zero-order chi connectivity index (χ0) is 10.8. The van der Waals surface area contributed by atoms with E-state index < -0.39 is 0 Å². The zero-order valence-electron chi connectivity index (χ0n) is 9.74. The highest BCUT2D eigenvalue weighted by Gasteiger charge is 2.62. The van der Waals surface area contributed by atoms with E-state index in [1.54, 1.807) is 0 Å². The lowest BCUT2D eigenvalue weighted by Crippen LogP contribution is -2.43. The molecule has 0 aromatic rings. The highest BCUT2D eigenvalue weighted by atomic mass is 16.2. The Labute approximate surface area is 96.6 Å². The van der Waals surface area contributed by atoms with E-state index in [1.807, 2.05) is 0 Å². The van der Waals surface area contributed by atoms with Crippen LogP contribution in [-0.2, 0) is 4.79 Å². The van der Waals surface area contributed by atoms with Gasteiger partial charge in [-0.3, -0.25) is 10.1 Å². The van der Waals surface area contributed by atoms with Gasteiger partial charge in [0.25, 0.3) is 0 Å². The molecule has 0 bridgehead atoms. The molecule has 0 radical (unpaired) electrons. The van der Waals surface area contributed by atoms with Gasteiger partial charge in [-0.05, 0) is 44.4 Å². The van der Waals surface area contributed by atoms with Crippen LogP contribution in [0.15, 0.2) is 0 Å². The van der Waals surface area contributed by atoms with E-state index in [2.05, 4.69) is 10.2 Å². The van der Waals surface area contributed by atoms with Crippen molar-refractivity contribution in [1.82, 2.24) is 10.2 Å². The largest absolute Gasteiger partial charge is 0.322 e. The molecule has 1 aliphatic heterocycles. The van der Waals surface area contributed by atoms with Crippen LogP contribution >= 0.6 is 0 Å². The van der Waals surface area contributed by atoms with Crippen LogP contribution in [0, 0.1) is 5.92 Å². The molecule has 0 aromatic heterocycles. The molecule has 1 atom stereocenters. The SMILES string of the molecule is O=C1N(C2CC2)C(C2CCCC2)NC12CC2. The minimum absolute atomic E-state index is 0.0875. The lowest BCUT2D eigenvalue weighted by atomic mass is 10.0. The van der Waals surface area contributed by atoms with Crippen LogP contribution in [0.4, 0.5) is 0 Å². The molecular weight excluding hydrogens is 200 g/mol. The van der Waals surface area contributed by atoms with E-state index in [1.165, 1.54) is 38.5 Å². The summed E-state index contributed by atoms with van der Waals surface area (Å²) >= 11 is 0. The zero-order valence-corrected chi connectivity index (χ0v) is 9.74. The van der Waals surface area contributed by atoms with Gasteiger partial charge in [-0.1, -0.05) is 12.8 Å². The third-order valence-corrected chi connectivity index (χ3v) is 4.90. The van der Waals surface area contributed by atoms with Crippen molar-refractivity contribution in [1.29, 1.82) is 0 Å². The number of rotatable bonds is 2. The molecule has 1 amide bonds. The number of nitrogens with one attached hydrogen (secondary N) is 1. The van der Waals surface area contributed by atoms with Gasteiger partial charge in [0.05, 0.1) is 11.7 Å². The van der Waals surface area contributed by atoms with E-state index in [0.717, 1.165) is 18.8 Å². The summed E-state index contributed by atoms with van der Waals surface area (Å²) in [4.78, 5) is 14.6. The monoisotopic (exact) mass is 220 g/mol. The van der Waals surface area contributed by atoms with Crippen LogP contribution in [0.25, 0.3) is 0 Å². The fraction of sp³-hybridized carbons (Fsp3) is 0.923. The minimum Gasteiger partial charge on any atom is -0.322 e. The number of amides is 1. The average molecular weight is 220 g/mol. The molecule has 0 aromatic carbocycles. The maximum Gasteiger partial charge on any atom is 0.244 e. The summed E-state index contributed by atoms with van der Waals surface area (Å²) in [5.74, 6) is 1.18. The van der Waals surface area contributed by atoms with E-state index in [0.29, 0.717) is 18.1 Å². The second-order valence-electron chi connectivity index (χ2n) is 6.16. The summed E-state index contributed by atoms with van der Waals surface area (Å²) in [7, 11) is 0. The summed E-state index contributed by atoms with van der Waals surface area (Å²) in [6.45, 7) is 0. The summed E-state index contributed by atoms with van der Waals surface area (Å²) < 4.78 is 0. The molecule has 3 saturated carbocycles. The molecule has 1 heterocycles. The Bertz CT molecular complexity index is 327. The van der Waals surface area contributed by atoms with Crippen molar-refractivity contribution >= 4 is 5.91 Å². The first-order chi connectivity index (χ1) is 7.80. The van der Waals surface area contributed by atoms with Gasteiger partial charge in [-0.25, -0.2) is 0 Å². The Balaban J connectivity index is 1.61. The Hall–Kier alpha value is -0.570. The van der Waals surface area contributed by atoms with Crippen molar-refractivity contribution in [2.24, 2.45) is 5.92 Å². The number of carbonyl (C=O) groups is 1. The van der Waals surface area contributed by atoms with Crippen molar-refractivity contribution in [2.75, 3.05) is 0 Å². The number of hydrogen-bond donors (Lipinski definition) is 1. The summed E-state index contributed by atoms with van der Waals surface area (Å²) in [6.07, 6.45) is 10.4. The second-order valence-corrected chi connectivity index (χ2v) is 6.16. The Kier molecular flexibility index (Phi) is 1.78. The molecule has 4 fully saturated rings. The van der Waals surface area contributed by atoms with Gasteiger partial charge < -0.3 is 4.90 Å². The second kappa shape index (κ2) is 3.00. The van der Waals surface area contributed by atoms with Crippen molar-refractivity contribution in [3.63, 3.8) is 0 Å². The third-order valence-electron chi connectivity index (χ3n) is 4.90. The van der Waals surface area contributed by atoms with Gasteiger partial charge in [-0.2, -0.15) is 0 Å². The van der Waals surface area contributed by atoms with Gasteiger partial charge in [0.15, 0.2) is 0 Å². The van der Waals surface area contributed by atoms with E-state index in [4.69, 9.17) is 0 Å². The van der Waals surface area contributed by atoms with Gasteiger partial charge in [-0.15, -0.1) is 0 Å². The van der Waals surface area contributed by atoms with Crippen molar-refractivity contribution in [3.8, 4) is 0 Å². The average Bonchev–Trinajstić information content (AvgIpc) is 3.17. The summed E-state index contributed by atoms with van der Waals surface area (Å²) in [5.41, 5.74) is -0.0875. The molecule has 4 aliphatic rings. The highest BCUT2D eigenvalue weighted by molar-refractivity contribution is 5.92. The van der Waals surface area contributed by atoms with Crippen LogP contribution in [0.3, 0.4) is 0 Å². The van der Waals surface area contributed by atoms with Crippen LogP contribution in [0.5, 0.6) is 0 Å².